The van der Waals surface area contributed by atoms with Gasteiger partial charge in [-0.2, -0.15) is 4.72 Å². The summed E-state index contributed by atoms with van der Waals surface area (Å²) in [6, 6.07) is 4.21. The number of carbonyl (C=O) groups excluding carboxylic acids is 1. The summed E-state index contributed by atoms with van der Waals surface area (Å²) in [5.41, 5.74) is 0.920. The van der Waals surface area contributed by atoms with Crippen molar-refractivity contribution in [1.82, 2.24) is 9.62 Å². The summed E-state index contributed by atoms with van der Waals surface area (Å²) < 4.78 is 27.6. The minimum absolute atomic E-state index is 0.0446. The molecule has 2 unspecified atom stereocenters. The monoisotopic (exact) mass is 370 g/mol. The van der Waals surface area contributed by atoms with Crippen molar-refractivity contribution in [2.45, 2.75) is 51.1 Å². The van der Waals surface area contributed by atoms with Crippen LogP contribution in [0.15, 0.2) is 29.2 Å². The minimum Gasteiger partial charge on any atom is -0.480 e. The van der Waals surface area contributed by atoms with Gasteiger partial charge in [0.15, 0.2) is 0 Å². The highest BCUT2D eigenvalue weighted by Gasteiger charge is 2.32. The Kier molecular flexibility index (Phi) is 7.13. The zero-order valence-electron chi connectivity index (χ0n) is 15.2. The molecule has 0 saturated heterocycles. The molecule has 2 atom stereocenters. The van der Waals surface area contributed by atoms with E-state index in [1.54, 1.807) is 12.1 Å². The number of sulfonamides is 1. The molecule has 0 aromatic heterocycles. The lowest BCUT2D eigenvalue weighted by molar-refractivity contribution is -0.149. The minimum atomic E-state index is -3.89. The molecule has 0 aliphatic carbocycles. The fourth-order valence-corrected chi connectivity index (χ4v) is 3.45. The Hall–Kier alpha value is -1.93. The van der Waals surface area contributed by atoms with E-state index < -0.39 is 34.0 Å². The number of likely N-dealkylation sites (N-methyl/N-ethyl adjacent to an activating group) is 1. The van der Waals surface area contributed by atoms with Gasteiger partial charge in [0.2, 0.25) is 15.9 Å². The third-order valence-electron chi connectivity index (χ3n) is 3.92. The fraction of sp³-hybridized carbons (Fsp3) is 0.529. The average molecular weight is 370 g/mol. The van der Waals surface area contributed by atoms with Crippen LogP contribution in [0.25, 0.3) is 0 Å². The molecule has 1 aromatic rings. The number of amides is 1. The molecule has 1 rings (SSSR count). The van der Waals surface area contributed by atoms with Crippen molar-refractivity contribution in [3.63, 3.8) is 0 Å². The Labute approximate surface area is 149 Å². The molecule has 8 heteroatoms. The second-order valence-corrected chi connectivity index (χ2v) is 8.29. The van der Waals surface area contributed by atoms with Crippen LogP contribution in [0.5, 0.6) is 0 Å². The summed E-state index contributed by atoms with van der Waals surface area (Å²) in [4.78, 5) is 24.8. The van der Waals surface area contributed by atoms with Crippen LogP contribution in [0.2, 0.25) is 0 Å². The number of carboxylic acids is 1. The smallest absolute Gasteiger partial charge is 0.326 e. The number of nitrogens with one attached hydrogen (secondary N) is 1. The molecule has 0 saturated carbocycles. The SMILES string of the molecule is Cc1ccc(S(=O)(=O)NC(CC(C)C)C(=O)N(C)C(C)C(=O)O)cc1. The van der Waals surface area contributed by atoms with E-state index in [0.717, 1.165) is 10.5 Å². The van der Waals surface area contributed by atoms with E-state index >= 15 is 0 Å². The molecule has 0 aliphatic heterocycles. The van der Waals surface area contributed by atoms with Gasteiger partial charge in [-0.1, -0.05) is 31.5 Å². The van der Waals surface area contributed by atoms with Crippen molar-refractivity contribution < 1.29 is 23.1 Å². The number of aryl methyl sites for hydroxylation is 1. The zero-order chi connectivity index (χ0) is 19.4. The number of aliphatic carboxylic acids is 1. The third-order valence-corrected chi connectivity index (χ3v) is 5.41. The van der Waals surface area contributed by atoms with Crippen molar-refractivity contribution in [2.24, 2.45) is 5.92 Å². The molecule has 1 amide bonds. The zero-order valence-corrected chi connectivity index (χ0v) is 16.0. The number of benzene rings is 1. The highest BCUT2D eigenvalue weighted by atomic mass is 32.2. The maximum atomic E-state index is 12.6. The lowest BCUT2D eigenvalue weighted by Crippen LogP contribution is -2.51. The predicted octanol–water partition coefficient (Wildman–Crippen LogP) is 1.62. The fourth-order valence-electron chi connectivity index (χ4n) is 2.25. The van der Waals surface area contributed by atoms with E-state index in [1.807, 2.05) is 20.8 Å². The average Bonchev–Trinajstić information content (AvgIpc) is 2.51. The van der Waals surface area contributed by atoms with Crippen LogP contribution in [0.4, 0.5) is 0 Å². The van der Waals surface area contributed by atoms with E-state index in [0.29, 0.717) is 0 Å². The van der Waals surface area contributed by atoms with Crippen LogP contribution < -0.4 is 4.72 Å². The molecule has 0 heterocycles. The number of nitrogens with zero attached hydrogens (tertiary/aromatic N) is 1. The summed E-state index contributed by atoms with van der Waals surface area (Å²) in [6.45, 7) is 6.94. The molecule has 0 radical (unpaired) electrons. The molecular weight excluding hydrogens is 344 g/mol. The first kappa shape index (κ1) is 21.1. The topological polar surface area (TPSA) is 104 Å². The van der Waals surface area contributed by atoms with E-state index in [9.17, 15) is 18.0 Å². The molecule has 0 aliphatic rings. The van der Waals surface area contributed by atoms with Gasteiger partial charge in [0.1, 0.15) is 12.1 Å². The number of hydrogen-bond acceptors (Lipinski definition) is 4. The third kappa shape index (κ3) is 5.82. The van der Waals surface area contributed by atoms with Gasteiger partial charge in [0.05, 0.1) is 4.90 Å². The summed E-state index contributed by atoms with van der Waals surface area (Å²) in [7, 11) is -2.54. The molecular formula is C17H26N2O5S. The van der Waals surface area contributed by atoms with E-state index in [4.69, 9.17) is 5.11 Å². The maximum absolute atomic E-state index is 12.6. The van der Waals surface area contributed by atoms with Crippen LogP contribution in [0, 0.1) is 12.8 Å². The van der Waals surface area contributed by atoms with Crippen molar-refractivity contribution >= 4 is 21.9 Å². The van der Waals surface area contributed by atoms with Gasteiger partial charge in [0, 0.05) is 7.05 Å². The van der Waals surface area contributed by atoms with Crippen LogP contribution in [0.3, 0.4) is 0 Å². The van der Waals surface area contributed by atoms with Crippen LogP contribution in [0.1, 0.15) is 32.8 Å². The van der Waals surface area contributed by atoms with E-state index in [-0.39, 0.29) is 17.2 Å². The number of carbonyl (C=O) groups is 2. The van der Waals surface area contributed by atoms with Crippen molar-refractivity contribution in [2.75, 3.05) is 7.05 Å². The molecule has 7 nitrogen and oxygen atoms in total. The Morgan fingerprint density at radius 2 is 1.68 bits per heavy atom. The number of carboxylic acid groups (broad SMARTS) is 1. The molecule has 25 heavy (non-hydrogen) atoms. The van der Waals surface area contributed by atoms with Gasteiger partial charge in [0.25, 0.3) is 0 Å². The van der Waals surface area contributed by atoms with Gasteiger partial charge >= 0.3 is 5.97 Å². The quantitative estimate of drug-likeness (QED) is 0.724. The highest BCUT2D eigenvalue weighted by Crippen LogP contribution is 2.15. The van der Waals surface area contributed by atoms with Crippen molar-refractivity contribution in [3.8, 4) is 0 Å². The van der Waals surface area contributed by atoms with Gasteiger partial charge in [-0.05, 0) is 38.3 Å². The first-order valence-electron chi connectivity index (χ1n) is 8.04. The van der Waals surface area contributed by atoms with Crippen LogP contribution in [-0.2, 0) is 19.6 Å². The Balaban J connectivity index is 3.08. The highest BCUT2D eigenvalue weighted by molar-refractivity contribution is 7.89. The van der Waals surface area contributed by atoms with Crippen molar-refractivity contribution in [1.29, 1.82) is 0 Å². The number of rotatable bonds is 8. The largest absolute Gasteiger partial charge is 0.480 e. The molecule has 0 spiro atoms. The first-order valence-corrected chi connectivity index (χ1v) is 9.52. The molecule has 1 aromatic carbocycles. The Morgan fingerprint density at radius 3 is 2.12 bits per heavy atom. The standard InChI is InChI=1S/C17H26N2O5S/c1-11(2)10-15(16(20)19(5)13(4)17(21)22)18-25(23,24)14-8-6-12(3)7-9-14/h6-9,11,13,15,18H,10H2,1-5H3,(H,21,22). The van der Waals surface area contributed by atoms with Gasteiger partial charge in [-0.3, -0.25) is 4.79 Å². The molecule has 140 valence electrons. The first-order chi connectivity index (χ1) is 11.5. The number of hydrogen-bond donors (Lipinski definition) is 2. The predicted molar refractivity (Wildman–Crippen MR) is 94.6 cm³/mol. The summed E-state index contributed by atoms with van der Waals surface area (Å²) in [5, 5.41) is 9.07. The maximum Gasteiger partial charge on any atom is 0.326 e. The normalized spacial score (nSPS) is 14.2. The second kappa shape index (κ2) is 8.44. The molecule has 0 fully saturated rings. The van der Waals surface area contributed by atoms with E-state index in [2.05, 4.69) is 4.72 Å². The van der Waals surface area contributed by atoms with E-state index in [1.165, 1.54) is 26.1 Å². The van der Waals surface area contributed by atoms with Gasteiger partial charge in [-0.15, -0.1) is 0 Å². The summed E-state index contributed by atoms with van der Waals surface area (Å²) >= 11 is 0. The summed E-state index contributed by atoms with van der Waals surface area (Å²) in [5.74, 6) is -1.68. The van der Waals surface area contributed by atoms with Crippen LogP contribution >= 0.6 is 0 Å². The lowest BCUT2D eigenvalue weighted by Gasteiger charge is -2.28. The van der Waals surface area contributed by atoms with Gasteiger partial charge in [-0.25, -0.2) is 13.2 Å². The lowest BCUT2D eigenvalue weighted by atomic mass is 10.0. The summed E-state index contributed by atoms with van der Waals surface area (Å²) in [6.07, 6.45) is 0.264. The molecule has 0 bridgehead atoms. The molecule has 2 N–H and O–H groups in total. The Bertz CT molecular complexity index is 713. The Morgan fingerprint density at radius 1 is 1.16 bits per heavy atom. The van der Waals surface area contributed by atoms with Crippen LogP contribution in [-0.4, -0.2) is 49.4 Å². The van der Waals surface area contributed by atoms with Crippen molar-refractivity contribution in [3.05, 3.63) is 29.8 Å². The van der Waals surface area contributed by atoms with Gasteiger partial charge < -0.3 is 10.0 Å². The second-order valence-electron chi connectivity index (χ2n) is 6.58.